The molecule has 2 heteroatoms. The average Bonchev–Trinajstić information content (AvgIpc) is 2.43. The van der Waals surface area contributed by atoms with E-state index in [0.717, 1.165) is 18.8 Å². The van der Waals surface area contributed by atoms with E-state index in [9.17, 15) is 0 Å². The fraction of sp³-hybridized carbons (Fsp3) is 0.643. The van der Waals surface area contributed by atoms with E-state index in [1.807, 2.05) is 12.4 Å². The normalized spacial score (nSPS) is 31.0. The Morgan fingerprint density at radius 3 is 2.81 bits per heavy atom. The molecule has 16 heavy (non-hydrogen) atoms. The lowest BCUT2D eigenvalue weighted by Crippen LogP contribution is -2.41. The first-order valence-electron chi connectivity index (χ1n) is 6.36. The zero-order valence-corrected chi connectivity index (χ0v) is 10.2. The van der Waals surface area contributed by atoms with E-state index in [1.54, 1.807) is 0 Å². The highest BCUT2D eigenvalue weighted by Gasteiger charge is 2.28. The van der Waals surface area contributed by atoms with Gasteiger partial charge in [-0.05, 0) is 49.3 Å². The lowest BCUT2D eigenvalue weighted by molar-refractivity contribution is 0.363. The molecule has 2 N–H and O–H groups in total. The van der Waals surface area contributed by atoms with E-state index >= 15 is 0 Å². The van der Waals surface area contributed by atoms with Crippen LogP contribution in [0.2, 0.25) is 0 Å². The summed E-state index contributed by atoms with van der Waals surface area (Å²) in [5, 5.41) is 0. The molecule has 1 saturated carbocycles. The molecule has 0 amide bonds. The summed E-state index contributed by atoms with van der Waals surface area (Å²) in [4.78, 5) is 4.05. The van der Waals surface area contributed by atoms with Gasteiger partial charge in [-0.1, -0.05) is 19.8 Å². The third kappa shape index (κ3) is 3.05. The van der Waals surface area contributed by atoms with Crippen molar-refractivity contribution >= 4 is 0 Å². The Kier molecular flexibility index (Phi) is 3.59. The Bertz CT molecular complexity index is 323. The monoisotopic (exact) mass is 218 g/mol. The van der Waals surface area contributed by atoms with E-state index in [1.165, 1.54) is 31.2 Å². The molecule has 1 aliphatic carbocycles. The van der Waals surface area contributed by atoms with Gasteiger partial charge in [0.15, 0.2) is 0 Å². The second-order valence-corrected chi connectivity index (χ2v) is 5.43. The lowest BCUT2D eigenvalue weighted by atomic mass is 9.85. The first-order chi connectivity index (χ1) is 7.68. The van der Waals surface area contributed by atoms with Crippen LogP contribution in [0.1, 0.15) is 44.6 Å². The van der Waals surface area contributed by atoms with Crippen molar-refractivity contribution in [1.29, 1.82) is 0 Å². The summed E-state index contributed by atoms with van der Waals surface area (Å²) in [6.07, 6.45) is 11.0. The highest BCUT2D eigenvalue weighted by Crippen LogP contribution is 2.30. The Labute approximate surface area is 98.3 Å². The first-order valence-corrected chi connectivity index (χ1v) is 6.36. The molecule has 1 heterocycles. The maximum absolute atomic E-state index is 6.53. The number of nitrogens with two attached hydrogens (primary N) is 1. The minimum absolute atomic E-state index is 0.0200. The van der Waals surface area contributed by atoms with Gasteiger partial charge in [-0.25, -0.2) is 0 Å². The van der Waals surface area contributed by atoms with Crippen LogP contribution in [0.3, 0.4) is 0 Å². The minimum Gasteiger partial charge on any atom is -0.325 e. The van der Waals surface area contributed by atoms with Crippen LogP contribution in [0.5, 0.6) is 0 Å². The summed E-state index contributed by atoms with van der Waals surface area (Å²) in [7, 11) is 0. The number of rotatable bonds is 2. The van der Waals surface area contributed by atoms with E-state index in [2.05, 4.69) is 24.0 Å². The highest BCUT2D eigenvalue weighted by molar-refractivity contribution is 5.14. The minimum atomic E-state index is 0.0200. The molecule has 2 unspecified atom stereocenters. The van der Waals surface area contributed by atoms with Gasteiger partial charge in [0.2, 0.25) is 0 Å². The van der Waals surface area contributed by atoms with Gasteiger partial charge >= 0.3 is 0 Å². The molecule has 1 fully saturated rings. The molecule has 1 aromatic heterocycles. The van der Waals surface area contributed by atoms with Gasteiger partial charge in [0, 0.05) is 17.9 Å². The largest absolute Gasteiger partial charge is 0.325 e. The summed E-state index contributed by atoms with van der Waals surface area (Å²) in [5.41, 5.74) is 7.88. The topological polar surface area (TPSA) is 38.9 Å². The SMILES string of the molecule is CC1CCCC(N)(Cc2ccncc2)CC1. The van der Waals surface area contributed by atoms with Crippen molar-refractivity contribution in [2.24, 2.45) is 11.7 Å². The summed E-state index contributed by atoms with van der Waals surface area (Å²) in [6.45, 7) is 2.35. The zero-order valence-electron chi connectivity index (χ0n) is 10.2. The van der Waals surface area contributed by atoms with Crippen molar-refractivity contribution in [3.63, 3.8) is 0 Å². The summed E-state index contributed by atoms with van der Waals surface area (Å²) in [6, 6.07) is 4.17. The van der Waals surface area contributed by atoms with Crippen molar-refractivity contribution in [2.75, 3.05) is 0 Å². The fourth-order valence-electron chi connectivity index (χ4n) is 2.69. The van der Waals surface area contributed by atoms with Crippen molar-refractivity contribution < 1.29 is 0 Å². The van der Waals surface area contributed by atoms with Gasteiger partial charge < -0.3 is 5.73 Å². The standard InChI is InChI=1S/C14H22N2/c1-12-3-2-7-14(15,8-4-12)11-13-5-9-16-10-6-13/h5-6,9-10,12H,2-4,7-8,11,15H2,1H3. The molecular formula is C14H22N2. The molecule has 0 saturated heterocycles. The van der Waals surface area contributed by atoms with Crippen molar-refractivity contribution in [1.82, 2.24) is 4.98 Å². The number of hydrogen-bond donors (Lipinski definition) is 1. The van der Waals surface area contributed by atoms with Crippen LogP contribution in [-0.2, 0) is 6.42 Å². The quantitative estimate of drug-likeness (QED) is 0.775. The van der Waals surface area contributed by atoms with E-state index in [0.29, 0.717) is 0 Å². The number of aromatic nitrogens is 1. The van der Waals surface area contributed by atoms with Crippen LogP contribution in [0, 0.1) is 5.92 Å². The number of nitrogens with zero attached hydrogens (tertiary/aromatic N) is 1. The summed E-state index contributed by atoms with van der Waals surface area (Å²) >= 11 is 0. The van der Waals surface area contributed by atoms with Crippen LogP contribution in [0.25, 0.3) is 0 Å². The molecule has 1 aliphatic rings. The Morgan fingerprint density at radius 2 is 2.06 bits per heavy atom. The van der Waals surface area contributed by atoms with Gasteiger partial charge in [0.1, 0.15) is 0 Å². The molecule has 0 spiro atoms. The predicted molar refractivity (Wildman–Crippen MR) is 67.1 cm³/mol. The first kappa shape index (κ1) is 11.6. The van der Waals surface area contributed by atoms with Crippen LogP contribution >= 0.6 is 0 Å². The second kappa shape index (κ2) is 4.96. The van der Waals surface area contributed by atoms with Crippen LogP contribution in [0.15, 0.2) is 24.5 Å². The molecule has 1 aromatic rings. The molecule has 2 atom stereocenters. The Balaban J connectivity index is 2.02. The van der Waals surface area contributed by atoms with Crippen LogP contribution in [-0.4, -0.2) is 10.5 Å². The highest BCUT2D eigenvalue weighted by atomic mass is 14.7. The third-order valence-corrected chi connectivity index (χ3v) is 3.81. The summed E-state index contributed by atoms with van der Waals surface area (Å²) < 4.78 is 0. The molecule has 0 radical (unpaired) electrons. The molecule has 0 aromatic carbocycles. The number of hydrogen-bond acceptors (Lipinski definition) is 2. The lowest BCUT2D eigenvalue weighted by Gasteiger charge is -2.28. The third-order valence-electron chi connectivity index (χ3n) is 3.81. The van der Waals surface area contributed by atoms with E-state index < -0.39 is 0 Å². The molecule has 2 rings (SSSR count). The van der Waals surface area contributed by atoms with Crippen molar-refractivity contribution in [3.05, 3.63) is 30.1 Å². The number of pyridine rings is 1. The average molecular weight is 218 g/mol. The fourth-order valence-corrected chi connectivity index (χ4v) is 2.69. The van der Waals surface area contributed by atoms with E-state index in [4.69, 9.17) is 5.73 Å². The van der Waals surface area contributed by atoms with Gasteiger partial charge in [0.05, 0.1) is 0 Å². The predicted octanol–water partition coefficient (Wildman–Crippen LogP) is 2.92. The van der Waals surface area contributed by atoms with Gasteiger partial charge in [-0.2, -0.15) is 0 Å². The Hall–Kier alpha value is -0.890. The van der Waals surface area contributed by atoms with E-state index in [-0.39, 0.29) is 5.54 Å². The molecule has 0 aliphatic heterocycles. The Morgan fingerprint density at radius 1 is 1.31 bits per heavy atom. The molecular weight excluding hydrogens is 196 g/mol. The van der Waals surface area contributed by atoms with Gasteiger partial charge in [-0.15, -0.1) is 0 Å². The van der Waals surface area contributed by atoms with Gasteiger partial charge in [0.25, 0.3) is 0 Å². The zero-order chi connectivity index (χ0) is 11.4. The maximum atomic E-state index is 6.53. The maximum Gasteiger partial charge on any atom is 0.0270 e. The summed E-state index contributed by atoms with van der Waals surface area (Å²) in [5.74, 6) is 0.850. The molecule has 2 nitrogen and oxygen atoms in total. The van der Waals surface area contributed by atoms with Crippen LogP contribution in [0.4, 0.5) is 0 Å². The second-order valence-electron chi connectivity index (χ2n) is 5.43. The molecule has 0 bridgehead atoms. The smallest absolute Gasteiger partial charge is 0.0270 e. The van der Waals surface area contributed by atoms with Crippen LogP contribution < -0.4 is 5.73 Å². The van der Waals surface area contributed by atoms with Crippen molar-refractivity contribution in [3.8, 4) is 0 Å². The van der Waals surface area contributed by atoms with Crippen molar-refractivity contribution in [2.45, 2.75) is 51.0 Å². The molecule has 88 valence electrons. The van der Waals surface area contributed by atoms with Gasteiger partial charge in [-0.3, -0.25) is 4.98 Å².